The number of nitrogens with one attached hydrogen (secondary N) is 1. The lowest BCUT2D eigenvalue weighted by atomic mass is 10.1. The molecule has 1 aliphatic rings. The topological polar surface area (TPSA) is 69.6 Å². The van der Waals surface area contributed by atoms with Crippen LogP contribution in [0.5, 0.6) is 0 Å². The number of carbonyl (C=O) groups excluding carboxylic acids is 1. The first-order chi connectivity index (χ1) is 9.58. The van der Waals surface area contributed by atoms with E-state index in [1.54, 1.807) is 18.3 Å². The summed E-state index contributed by atoms with van der Waals surface area (Å²) in [5, 5.41) is 13.7. The second kappa shape index (κ2) is 6.74. The van der Waals surface area contributed by atoms with E-state index in [4.69, 9.17) is 5.11 Å². The van der Waals surface area contributed by atoms with Crippen molar-refractivity contribution in [3.8, 4) is 0 Å². The van der Waals surface area contributed by atoms with Gasteiger partial charge in [-0.1, -0.05) is 6.92 Å². The summed E-state index contributed by atoms with van der Waals surface area (Å²) < 4.78 is 0. The zero-order valence-corrected chi connectivity index (χ0v) is 12.4. The van der Waals surface area contributed by atoms with Crippen molar-refractivity contribution in [3.05, 3.63) is 21.9 Å². The van der Waals surface area contributed by atoms with E-state index >= 15 is 0 Å². The predicted octanol–water partition coefficient (Wildman–Crippen LogP) is 2.32. The number of urea groups is 1. The highest BCUT2D eigenvalue weighted by atomic mass is 32.1. The molecule has 2 heterocycles. The first-order valence-corrected chi connectivity index (χ1v) is 7.76. The van der Waals surface area contributed by atoms with E-state index < -0.39 is 5.97 Å². The van der Waals surface area contributed by atoms with Crippen molar-refractivity contribution in [2.75, 3.05) is 13.1 Å². The first-order valence-electron chi connectivity index (χ1n) is 6.88. The summed E-state index contributed by atoms with van der Waals surface area (Å²) in [5.41, 5.74) is 1.25. The van der Waals surface area contributed by atoms with Gasteiger partial charge in [-0.2, -0.15) is 0 Å². The standard InChI is InChI=1S/C14H20N2O3S/c1-10(13(17)18)3-2-6-15-14(19)16-7-4-12-11(9-16)5-8-20-12/h5,8,10H,2-4,6-7,9H2,1H3,(H,15,19)(H,17,18). The lowest BCUT2D eigenvalue weighted by molar-refractivity contribution is -0.141. The molecule has 5 nitrogen and oxygen atoms in total. The van der Waals surface area contributed by atoms with Crippen LogP contribution >= 0.6 is 11.3 Å². The minimum Gasteiger partial charge on any atom is -0.481 e. The SMILES string of the molecule is CC(CCCNC(=O)N1CCc2sccc2C1)C(=O)O. The van der Waals surface area contributed by atoms with E-state index in [1.165, 1.54) is 10.4 Å². The van der Waals surface area contributed by atoms with Crippen LogP contribution in [-0.4, -0.2) is 35.1 Å². The zero-order valence-electron chi connectivity index (χ0n) is 11.6. The Morgan fingerprint density at radius 2 is 2.35 bits per heavy atom. The maximum Gasteiger partial charge on any atom is 0.317 e. The molecule has 110 valence electrons. The van der Waals surface area contributed by atoms with Crippen LogP contribution in [0.4, 0.5) is 4.79 Å². The molecule has 2 amide bonds. The van der Waals surface area contributed by atoms with Crippen molar-refractivity contribution in [1.29, 1.82) is 0 Å². The van der Waals surface area contributed by atoms with Crippen molar-refractivity contribution in [2.24, 2.45) is 5.92 Å². The minimum atomic E-state index is -0.780. The van der Waals surface area contributed by atoms with Crippen molar-refractivity contribution in [2.45, 2.75) is 32.7 Å². The number of carbonyl (C=O) groups is 2. The van der Waals surface area contributed by atoms with Crippen LogP contribution in [0.3, 0.4) is 0 Å². The third-order valence-corrected chi connectivity index (χ3v) is 4.63. The summed E-state index contributed by atoms with van der Waals surface area (Å²) in [6.07, 6.45) is 2.21. The summed E-state index contributed by atoms with van der Waals surface area (Å²) in [4.78, 5) is 25.9. The molecule has 20 heavy (non-hydrogen) atoms. The number of rotatable bonds is 5. The third-order valence-electron chi connectivity index (χ3n) is 3.61. The van der Waals surface area contributed by atoms with Crippen LogP contribution < -0.4 is 5.32 Å². The number of hydrogen-bond donors (Lipinski definition) is 2. The number of amides is 2. The molecule has 0 bridgehead atoms. The van der Waals surface area contributed by atoms with E-state index in [2.05, 4.69) is 16.8 Å². The molecular formula is C14H20N2O3S. The van der Waals surface area contributed by atoms with Crippen molar-refractivity contribution >= 4 is 23.3 Å². The molecule has 2 N–H and O–H groups in total. The Labute approximate surface area is 122 Å². The largest absolute Gasteiger partial charge is 0.481 e. The van der Waals surface area contributed by atoms with Crippen LogP contribution in [0.25, 0.3) is 0 Å². The van der Waals surface area contributed by atoms with Gasteiger partial charge in [-0.05, 0) is 36.3 Å². The van der Waals surface area contributed by atoms with Gasteiger partial charge >= 0.3 is 12.0 Å². The van der Waals surface area contributed by atoms with Crippen LogP contribution in [0.2, 0.25) is 0 Å². The third kappa shape index (κ3) is 3.72. The Morgan fingerprint density at radius 3 is 3.10 bits per heavy atom. The molecular weight excluding hydrogens is 276 g/mol. The van der Waals surface area contributed by atoms with E-state index in [0.717, 1.165) is 13.0 Å². The fourth-order valence-corrected chi connectivity index (χ4v) is 3.15. The molecule has 1 aromatic heterocycles. The highest BCUT2D eigenvalue weighted by Crippen LogP contribution is 2.23. The summed E-state index contributed by atoms with van der Waals surface area (Å²) in [7, 11) is 0. The first kappa shape index (κ1) is 14.8. The van der Waals surface area contributed by atoms with Gasteiger partial charge < -0.3 is 15.3 Å². The molecule has 2 rings (SSSR count). The Hall–Kier alpha value is -1.56. The van der Waals surface area contributed by atoms with Gasteiger partial charge in [0.1, 0.15) is 0 Å². The molecule has 1 unspecified atom stereocenters. The summed E-state index contributed by atoms with van der Waals surface area (Å²) in [6.45, 7) is 3.65. The second-order valence-corrected chi connectivity index (χ2v) is 6.15. The van der Waals surface area contributed by atoms with Crippen LogP contribution in [0.1, 0.15) is 30.2 Å². The second-order valence-electron chi connectivity index (χ2n) is 5.15. The maximum absolute atomic E-state index is 12.0. The number of thiophene rings is 1. The Morgan fingerprint density at radius 1 is 1.55 bits per heavy atom. The van der Waals surface area contributed by atoms with E-state index in [0.29, 0.717) is 25.9 Å². The fourth-order valence-electron chi connectivity index (χ4n) is 2.26. The highest BCUT2D eigenvalue weighted by molar-refractivity contribution is 7.10. The zero-order chi connectivity index (χ0) is 14.5. The van der Waals surface area contributed by atoms with Crippen LogP contribution in [0.15, 0.2) is 11.4 Å². The van der Waals surface area contributed by atoms with Gasteiger partial charge in [-0.25, -0.2) is 4.79 Å². The van der Waals surface area contributed by atoms with Crippen molar-refractivity contribution in [3.63, 3.8) is 0 Å². The predicted molar refractivity (Wildman–Crippen MR) is 77.9 cm³/mol. The molecule has 0 aromatic carbocycles. The highest BCUT2D eigenvalue weighted by Gasteiger charge is 2.21. The van der Waals surface area contributed by atoms with Crippen LogP contribution in [-0.2, 0) is 17.8 Å². The smallest absolute Gasteiger partial charge is 0.317 e. The molecule has 1 aliphatic heterocycles. The lowest BCUT2D eigenvalue weighted by Gasteiger charge is -2.27. The van der Waals surface area contributed by atoms with Gasteiger partial charge in [0.15, 0.2) is 0 Å². The van der Waals surface area contributed by atoms with Crippen LogP contribution in [0, 0.1) is 5.92 Å². The number of nitrogens with zero attached hydrogens (tertiary/aromatic N) is 1. The monoisotopic (exact) mass is 296 g/mol. The Kier molecular flexibility index (Phi) is 5.00. The van der Waals surface area contributed by atoms with E-state index in [1.807, 2.05) is 4.90 Å². The number of fused-ring (bicyclic) bond motifs is 1. The van der Waals surface area contributed by atoms with Gasteiger partial charge in [-0.3, -0.25) is 4.79 Å². The van der Waals surface area contributed by atoms with E-state index in [-0.39, 0.29) is 11.9 Å². The normalized spacial score (nSPS) is 15.6. The summed E-state index contributed by atoms with van der Waals surface area (Å²) in [5.74, 6) is -1.13. The maximum atomic E-state index is 12.0. The van der Waals surface area contributed by atoms with Crippen molar-refractivity contribution in [1.82, 2.24) is 10.2 Å². The van der Waals surface area contributed by atoms with Gasteiger partial charge in [0.2, 0.25) is 0 Å². The molecule has 0 saturated carbocycles. The Bertz CT molecular complexity index is 487. The molecule has 1 aromatic rings. The van der Waals surface area contributed by atoms with Gasteiger partial charge in [0.05, 0.1) is 5.92 Å². The van der Waals surface area contributed by atoms with Gasteiger partial charge in [0.25, 0.3) is 0 Å². The fraction of sp³-hybridized carbons (Fsp3) is 0.571. The quantitative estimate of drug-likeness (QED) is 0.819. The lowest BCUT2D eigenvalue weighted by Crippen LogP contribution is -2.42. The number of carboxylic acids is 1. The molecule has 0 aliphatic carbocycles. The molecule has 0 saturated heterocycles. The van der Waals surface area contributed by atoms with E-state index in [9.17, 15) is 9.59 Å². The molecule has 1 atom stereocenters. The average molecular weight is 296 g/mol. The molecule has 0 spiro atoms. The summed E-state index contributed by atoms with van der Waals surface area (Å²) >= 11 is 1.75. The van der Waals surface area contributed by atoms with Gasteiger partial charge in [0, 0.05) is 24.5 Å². The molecule has 6 heteroatoms. The number of hydrogen-bond acceptors (Lipinski definition) is 3. The minimum absolute atomic E-state index is 0.0511. The summed E-state index contributed by atoms with van der Waals surface area (Å²) in [6, 6.07) is 2.03. The Balaban J connectivity index is 1.70. The molecule has 0 radical (unpaired) electrons. The molecule has 0 fully saturated rings. The number of carboxylic acid groups (broad SMARTS) is 1. The van der Waals surface area contributed by atoms with Gasteiger partial charge in [-0.15, -0.1) is 11.3 Å². The number of aliphatic carboxylic acids is 1. The average Bonchev–Trinajstić information content (AvgIpc) is 2.90. The van der Waals surface area contributed by atoms with Crippen molar-refractivity contribution < 1.29 is 14.7 Å².